The summed E-state index contributed by atoms with van der Waals surface area (Å²) >= 11 is 6.13. The van der Waals surface area contributed by atoms with E-state index in [1.807, 2.05) is 57.1 Å². The molecule has 0 aromatic heterocycles. The molecule has 0 fully saturated rings. The van der Waals surface area contributed by atoms with Gasteiger partial charge in [-0.15, -0.1) is 0 Å². The Morgan fingerprint density at radius 2 is 1.86 bits per heavy atom. The van der Waals surface area contributed by atoms with Gasteiger partial charge in [0.1, 0.15) is 5.75 Å². The van der Waals surface area contributed by atoms with E-state index in [4.69, 9.17) is 16.3 Å². The largest absolute Gasteiger partial charge is 0.480 e. The van der Waals surface area contributed by atoms with Crippen LogP contribution in [0.3, 0.4) is 0 Å². The van der Waals surface area contributed by atoms with Crippen molar-refractivity contribution >= 4 is 29.2 Å². The van der Waals surface area contributed by atoms with Gasteiger partial charge >= 0.3 is 5.97 Å². The Bertz CT molecular complexity index is 912. The molecule has 2 unspecified atom stereocenters. The zero-order valence-corrected chi connectivity index (χ0v) is 17.7. The third kappa shape index (κ3) is 4.32. The number of benzene rings is 2. The predicted octanol–water partition coefficient (Wildman–Crippen LogP) is 3.98. The molecule has 0 saturated carbocycles. The highest BCUT2D eigenvalue weighted by molar-refractivity contribution is 6.30. The van der Waals surface area contributed by atoms with Crippen LogP contribution in [0.2, 0.25) is 5.02 Å². The summed E-state index contributed by atoms with van der Waals surface area (Å²) in [6.07, 6.45) is -0.777. The molecule has 7 heteroatoms. The molecule has 2 aromatic rings. The van der Waals surface area contributed by atoms with E-state index in [2.05, 4.69) is 0 Å². The van der Waals surface area contributed by atoms with Crippen molar-refractivity contribution in [1.82, 2.24) is 4.90 Å². The maximum Gasteiger partial charge on any atom is 0.331 e. The number of halogens is 1. The molecule has 1 heterocycles. The molecule has 0 aliphatic carbocycles. The highest BCUT2D eigenvalue weighted by Gasteiger charge is 2.42. The molecule has 2 aromatic carbocycles. The standard InChI is InChI=1S/C22H25ClN2O4/c1-13(2)20-21(26)25(12-14-5-8-16(9-6-14)24(3)4)19(22(27)28)17-11-15(23)7-10-18(17)29-20/h5-11,13,19-20H,12H2,1-4H3,(H,27,28). The van der Waals surface area contributed by atoms with Crippen LogP contribution in [-0.2, 0) is 16.1 Å². The van der Waals surface area contributed by atoms with Crippen LogP contribution in [0.25, 0.3) is 0 Å². The molecule has 0 bridgehead atoms. The van der Waals surface area contributed by atoms with Gasteiger partial charge in [0.15, 0.2) is 12.1 Å². The minimum atomic E-state index is -1.19. The third-order valence-corrected chi connectivity index (χ3v) is 5.24. The van der Waals surface area contributed by atoms with Gasteiger partial charge < -0.3 is 19.6 Å². The zero-order chi connectivity index (χ0) is 21.3. The molecule has 1 aliphatic heterocycles. The van der Waals surface area contributed by atoms with Crippen LogP contribution >= 0.6 is 11.6 Å². The number of carbonyl (C=O) groups is 2. The van der Waals surface area contributed by atoms with Crippen molar-refractivity contribution in [2.24, 2.45) is 5.92 Å². The first-order valence-electron chi connectivity index (χ1n) is 9.44. The summed E-state index contributed by atoms with van der Waals surface area (Å²) in [7, 11) is 3.89. The van der Waals surface area contributed by atoms with E-state index in [1.165, 1.54) is 4.90 Å². The molecule has 0 radical (unpaired) electrons. The third-order valence-electron chi connectivity index (χ3n) is 5.00. The van der Waals surface area contributed by atoms with Crippen LogP contribution in [0.1, 0.15) is 31.0 Å². The summed E-state index contributed by atoms with van der Waals surface area (Å²) in [6, 6.07) is 11.3. The van der Waals surface area contributed by atoms with E-state index in [0.29, 0.717) is 16.3 Å². The number of carbonyl (C=O) groups excluding carboxylic acids is 1. The number of amides is 1. The first kappa shape index (κ1) is 21.0. The van der Waals surface area contributed by atoms with Gasteiger partial charge in [-0.05, 0) is 41.8 Å². The number of nitrogens with zero attached hydrogens (tertiary/aromatic N) is 2. The second kappa shape index (κ2) is 8.33. The molecular weight excluding hydrogens is 392 g/mol. The molecule has 1 N–H and O–H groups in total. The normalized spacial score (nSPS) is 18.8. The van der Waals surface area contributed by atoms with Crippen LogP contribution in [-0.4, -0.2) is 42.1 Å². The average molecular weight is 417 g/mol. The van der Waals surface area contributed by atoms with Crippen molar-refractivity contribution in [3.63, 3.8) is 0 Å². The van der Waals surface area contributed by atoms with E-state index < -0.39 is 18.1 Å². The number of aliphatic carboxylic acids is 1. The lowest BCUT2D eigenvalue weighted by atomic mass is 10.0. The Kier molecular flexibility index (Phi) is 6.03. The number of anilines is 1. The lowest BCUT2D eigenvalue weighted by Crippen LogP contribution is -2.45. The van der Waals surface area contributed by atoms with Crippen molar-refractivity contribution < 1.29 is 19.4 Å². The molecule has 0 saturated heterocycles. The maximum atomic E-state index is 13.3. The molecule has 1 amide bonds. The fourth-order valence-electron chi connectivity index (χ4n) is 3.44. The molecule has 3 rings (SSSR count). The topological polar surface area (TPSA) is 70.1 Å². The van der Waals surface area contributed by atoms with Gasteiger partial charge in [-0.25, -0.2) is 4.79 Å². The first-order chi connectivity index (χ1) is 13.7. The fourth-order valence-corrected chi connectivity index (χ4v) is 3.62. The quantitative estimate of drug-likeness (QED) is 0.798. The zero-order valence-electron chi connectivity index (χ0n) is 16.9. The van der Waals surface area contributed by atoms with Crippen LogP contribution in [0.15, 0.2) is 42.5 Å². The Morgan fingerprint density at radius 3 is 2.41 bits per heavy atom. The first-order valence-corrected chi connectivity index (χ1v) is 9.82. The van der Waals surface area contributed by atoms with Crippen LogP contribution in [0.5, 0.6) is 5.75 Å². The van der Waals surface area contributed by atoms with Gasteiger partial charge in [0.25, 0.3) is 5.91 Å². The number of ether oxygens (including phenoxy) is 1. The van der Waals surface area contributed by atoms with Gasteiger partial charge in [0, 0.05) is 36.9 Å². The van der Waals surface area contributed by atoms with Crippen molar-refractivity contribution in [3.8, 4) is 5.75 Å². The highest BCUT2D eigenvalue weighted by Crippen LogP contribution is 2.38. The lowest BCUT2D eigenvalue weighted by Gasteiger charge is -2.30. The Hall–Kier alpha value is -2.73. The van der Waals surface area contributed by atoms with Crippen molar-refractivity contribution in [3.05, 3.63) is 58.6 Å². The number of hydrogen-bond acceptors (Lipinski definition) is 4. The SMILES string of the molecule is CC(C)C1Oc2ccc(Cl)cc2C(C(=O)O)N(Cc2ccc(N(C)C)cc2)C1=O. The van der Waals surface area contributed by atoms with Crippen molar-refractivity contribution in [2.75, 3.05) is 19.0 Å². The van der Waals surface area contributed by atoms with Crippen LogP contribution in [0, 0.1) is 5.92 Å². The summed E-state index contributed by atoms with van der Waals surface area (Å²) in [5, 5.41) is 10.4. The monoisotopic (exact) mass is 416 g/mol. The van der Waals surface area contributed by atoms with E-state index >= 15 is 0 Å². The maximum absolute atomic E-state index is 13.3. The van der Waals surface area contributed by atoms with Crippen LogP contribution in [0.4, 0.5) is 5.69 Å². The Balaban J connectivity index is 2.07. The Labute approximate surface area is 175 Å². The fraction of sp³-hybridized carbons (Fsp3) is 0.364. The molecule has 0 spiro atoms. The molecule has 154 valence electrons. The summed E-state index contributed by atoms with van der Waals surface area (Å²) in [6.45, 7) is 3.91. The van der Waals surface area contributed by atoms with Gasteiger partial charge in [-0.3, -0.25) is 4.79 Å². The summed E-state index contributed by atoms with van der Waals surface area (Å²) in [4.78, 5) is 28.9. The molecule has 2 atom stereocenters. The van der Waals surface area contributed by atoms with E-state index in [9.17, 15) is 14.7 Å². The van der Waals surface area contributed by atoms with Gasteiger partial charge in [0.2, 0.25) is 0 Å². The Morgan fingerprint density at radius 1 is 1.21 bits per heavy atom. The predicted molar refractivity (Wildman–Crippen MR) is 112 cm³/mol. The average Bonchev–Trinajstić information content (AvgIpc) is 2.77. The van der Waals surface area contributed by atoms with Crippen molar-refractivity contribution in [1.29, 1.82) is 0 Å². The van der Waals surface area contributed by atoms with Gasteiger partial charge in [-0.2, -0.15) is 0 Å². The second-order valence-electron chi connectivity index (χ2n) is 7.73. The van der Waals surface area contributed by atoms with Gasteiger partial charge in [0.05, 0.1) is 0 Å². The minimum absolute atomic E-state index is 0.128. The van der Waals surface area contributed by atoms with E-state index in [1.54, 1.807) is 18.2 Å². The number of carboxylic acid groups (broad SMARTS) is 1. The van der Waals surface area contributed by atoms with E-state index in [0.717, 1.165) is 11.3 Å². The highest BCUT2D eigenvalue weighted by atomic mass is 35.5. The summed E-state index contributed by atoms with van der Waals surface area (Å²) < 4.78 is 5.96. The lowest BCUT2D eigenvalue weighted by molar-refractivity contribution is -0.154. The van der Waals surface area contributed by atoms with E-state index in [-0.39, 0.29) is 18.4 Å². The summed E-state index contributed by atoms with van der Waals surface area (Å²) in [5.74, 6) is -1.23. The molecule has 29 heavy (non-hydrogen) atoms. The second-order valence-corrected chi connectivity index (χ2v) is 8.17. The number of fused-ring (bicyclic) bond motifs is 1. The smallest absolute Gasteiger partial charge is 0.331 e. The van der Waals surface area contributed by atoms with Crippen LogP contribution < -0.4 is 9.64 Å². The van der Waals surface area contributed by atoms with Crippen molar-refractivity contribution in [2.45, 2.75) is 32.5 Å². The number of rotatable bonds is 5. The minimum Gasteiger partial charge on any atom is -0.480 e. The number of hydrogen-bond donors (Lipinski definition) is 1. The van der Waals surface area contributed by atoms with Gasteiger partial charge in [-0.1, -0.05) is 37.6 Å². The molecule has 1 aliphatic rings. The summed E-state index contributed by atoms with van der Waals surface area (Å²) in [5.41, 5.74) is 2.24. The molecular formula is C22H25ClN2O4. The number of carboxylic acids is 1. The molecule has 6 nitrogen and oxygen atoms in total.